The summed E-state index contributed by atoms with van der Waals surface area (Å²) in [5.74, 6) is -1.12. The number of carbonyl (C=O) groups is 2. The number of rotatable bonds is 3. The number of nitrogens with zero attached hydrogens (tertiary/aromatic N) is 4. The number of carbonyl (C=O) groups excluding carboxylic acids is 1. The molecule has 2 aromatic heterocycles. The summed E-state index contributed by atoms with van der Waals surface area (Å²) in [6, 6.07) is 7.50. The fraction of sp³-hybridized carbons (Fsp3) is 0.294. The van der Waals surface area contributed by atoms with Crippen LogP contribution in [-0.4, -0.2) is 55.0 Å². The van der Waals surface area contributed by atoms with Gasteiger partial charge in [0.2, 0.25) is 0 Å². The van der Waals surface area contributed by atoms with E-state index in [-0.39, 0.29) is 17.5 Å². The van der Waals surface area contributed by atoms with Crippen molar-refractivity contribution >= 4 is 22.8 Å². The van der Waals surface area contributed by atoms with Crippen molar-refractivity contribution < 1.29 is 14.7 Å². The SMILES string of the molecule is O=C(O)c1cnn(C2CCCN(C(=O)c3n[nH]c4ccccc34)C2)c1. The molecule has 1 saturated heterocycles. The Kier molecular flexibility index (Phi) is 3.72. The first-order valence-electron chi connectivity index (χ1n) is 8.13. The molecule has 1 atom stereocenters. The maximum atomic E-state index is 12.9. The van der Waals surface area contributed by atoms with Gasteiger partial charge >= 0.3 is 5.97 Å². The van der Waals surface area contributed by atoms with Crippen molar-refractivity contribution in [3.8, 4) is 0 Å². The number of aromatic carboxylic acids is 1. The molecule has 1 fully saturated rings. The first kappa shape index (κ1) is 15.4. The van der Waals surface area contributed by atoms with Gasteiger partial charge in [0.05, 0.1) is 23.3 Å². The number of amides is 1. The lowest BCUT2D eigenvalue weighted by Gasteiger charge is -2.32. The number of likely N-dealkylation sites (tertiary alicyclic amines) is 1. The Balaban J connectivity index is 1.56. The first-order valence-corrected chi connectivity index (χ1v) is 8.13. The molecule has 3 heterocycles. The molecule has 128 valence electrons. The van der Waals surface area contributed by atoms with Gasteiger partial charge in [-0.1, -0.05) is 18.2 Å². The Morgan fingerprint density at radius 1 is 1.28 bits per heavy atom. The highest BCUT2D eigenvalue weighted by Gasteiger charge is 2.28. The quantitative estimate of drug-likeness (QED) is 0.759. The van der Waals surface area contributed by atoms with Crippen LogP contribution in [0.1, 0.15) is 39.7 Å². The third-order valence-electron chi connectivity index (χ3n) is 4.58. The molecule has 2 N–H and O–H groups in total. The zero-order valence-electron chi connectivity index (χ0n) is 13.4. The van der Waals surface area contributed by atoms with Crippen LogP contribution in [0, 0.1) is 0 Å². The van der Waals surface area contributed by atoms with Gasteiger partial charge in [0.25, 0.3) is 5.91 Å². The molecule has 8 nitrogen and oxygen atoms in total. The van der Waals surface area contributed by atoms with E-state index in [1.54, 1.807) is 9.58 Å². The van der Waals surface area contributed by atoms with Crippen molar-refractivity contribution in [3.05, 3.63) is 47.9 Å². The third kappa shape index (κ3) is 2.75. The molecular weight excluding hydrogens is 322 g/mol. The molecule has 3 aromatic rings. The molecule has 1 unspecified atom stereocenters. The topological polar surface area (TPSA) is 104 Å². The van der Waals surface area contributed by atoms with Crippen molar-refractivity contribution in [1.29, 1.82) is 0 Å². The van der Waals surface area contributed by atoms with Gasteiger partial charge in [0.1, 0.15) is 0 Å². The van der Waals surface area contributed by atoms with Gasteiger partial charge in [-0.15, -0.1) is 0 Å². The summed E-state index contributed by atoms with van der Waals surface area (Å²) in [6.07, 6.45) is 4.54. The predicted octanol–water partition coefficient (Wildman–Crippen LogP) is 1.93. The fourth-order valence-electron chi connectivity index (χ4n) is 3.28. The summed E-state index contributed by atoms with van der Waals surface area (Å²) in [5, 5.41) is 21.0. The number of carboxylic acids is 1. The average Bonchev–Trinajstić information content (AvgIpc) is 3.28. The minimum atomic E-state index is -1.00. The summed E-state index contributed by atoms with van der Waals surface area (Å²) in [5.41, 5.74) is 1.40. The molecule has 0 saturated carbocycles. The largest absolute Gasteiger partial charge is 0.478 e. The standard InChI is InChI=1S/C17H17N5O3/c23-16(15-13-5-1-2-6-14(13)19-20-15)21-7-3-4-12(10-21)22-9-11(8-18-22)17(24)25/h1-2,5-6,8-9,12H,3-4,7,10H2,(H,19,20)(H,24,25). The number of piperidine rings is 1. The molecule has 1 aliphatic rings. The number of nitrogens with one attached hydrogen (secondary N) is 1. The van der Waals surface area contributed by atoms with Gasteiger partial charge in [0.15, 0.2) is 5.69 Å². The van der Waals surface area contributed by atoms with E-state index in [2.05, 4.69) is 15.3 Å². The number of carboxylic acid groups (broad SMARTS) is 1. The maximum Gasteiger partial charge on any atom is 0.338 e. The summed E-state index contributed by atoms with van der Waals surface area (Å²) in [6.45, 7) is 1.14. The summed E-state index contributed by atoms with van der Waals surface area (Å²) < 4.78 is 1.64. The number of fused-ring (bicyclic) bond motifs is 1. The molecule has 0 radical (unpaired) electrons. The third-order valence-corrected chi connectivity index (χ3v) is 4.58. The van der Waals surface area contributed by atoms with E-state index in [4.69, 9.17) is 5.11 Å². The second-order valence-corrected chi connectivity index (χ2v) is 6.18. The number of hydrogen-bond acceptors (Lipinski definition) is 4. The minimum Gasteiger partial charge on any atom is -0.478 e. The Morgan fingerprint density at radius 3 is 2.92 bits per heavy atom. The summed E-state index contributed by atoms with van der Waals surface area (Å²) in [7, 11) is 0. The summed E-state index contributed by atoms with van der Waals surface area (Å²) >= 11 is 0. The molecule has 1 aliphatic heterocycles. The molecule has 0 spiro atoms. The van der Waals surface area contributed by atoms with E-state index < -0.39 is 5.97 Å². The lowest BCUT2D eigenvalue weighted by molar-refractivity contribution is 0.0662. The monoisotopic (exact) mass is 339 g/mol. The van der Waals surface area contributed by atoms with Crippen molar-refractivity contribution in [2.24, 2.45) is 0 Å². The molecule has 1 amide bonds. The lowest BCUT2D eigenvalue weighted by Crippen LogP contribution is -2.41. The van der Waals surface area contributed by atoms with E-state index in [1.807, 2.05) is 24.3 Å². The Morgan fingerprint density at radius 2 is 2.12 bits per heavy atom. The van der Waals surface area contributed by atoms with Crippen LogP contribution in [0.5, 0.6) is 0 Å². The van der Waals surface area contributed by atoms with Gasteiger partial charge in [-0.05, 0) is 18.9 Å². The second-order valence-electron chi connectivity index (χ2n) is 6.18. The normalized spacial score (nSPS) is 17.8. The highest BCUT2D eigenvalue weighted by atomic mass is 16.4. The van der Waals surface area contributed by atoms with Gasteiger partial charge in [-0.3, -0.25) is 14.6 Å². The van der Waals surface area contributed by atoms with E-state index in [1.165, 1.54) is 12.4 Å². The average molecular weight is 339 g/mol. The highest BCUT2D eigenvalue weighted by Crippen LogP contribution is 2.24. The number of aromatic amines is 1. The molecule has 25 heavy (non-hydrogen) atoms. The smallest absolute Gasteiger partial charge is 0.338 e. The van der Waals surface area contributed by atoms with Gasteiger partial charge < -0.3 is 10.0 Å². The first-order chi connectivity index (χ1) is 12.1. The Bertz CT molecular complexity index is 945. The number of hydrogen-bond donors (Lipinski definition) is 2. The minimum absolute atomic E-state index is 0.0315. The Labute approximate surface area is 143 Å². The molecule has 8 heteroatoms. The number of aromatic nitrogens is 4. The number of H-pyrrole nitrogens is 1. The molecular formula is C17H17N5O3. The van der Waals surface area contributed by atoms with Crippen LogP contribution in [0.15, 0.2) is 36.7 Å². The van der Waals surface area contributed by atoms with Crippen LogP contribution in [0.4, 0.5) is 0 Å². The van der Waals surface area contributed by atoms with Crippen LogP contribution < -0.4 is 0 Å². The van der Waals surface area contributed by atoms with Gasteiger partial charge in [-0.2, -0.15) is 10.2 Å². The van der Waals surface area contributed by atoms with Crippen LogP contribution >= 0.6 is 0 Å². The van der Waals surface area contributed by atoms with E-state index in [0.29, 0.717) is 18.8 Å². The van der Waals surface area contributed by atoms with E-state index >= 15 is 0 Å². The van der Waals surface area contributed by atoms with Crippen molar-refractivity contribution in [2.75, 3.05) is 13.1 Å². The molecule has 0 aliphatic carbocycles. The van der Waals surface area contributed by atoms with Crippen molar-refractivity contribution in [2.45, 2.75) is 18.9 Å². The van der Waals surface area contributed by atoms with Crippen LogP contribution in [-0.2, 0) is 0 Å². The molecule has 4 rings (SSSR count). The van der Waals surface area contributed by atoms with Gasteiger partial charge in [0, 0.05) is 24.7 Å². The van der Waals surface area contributed by atoms with Crippen LogP contribution in [0.3, 0.4) is 0 Å². The van der Waals surface area contributed by atoms with E-state index in [0.717, 1.165) is 23.7 Å². The molecule has 1 aromatic carbocycles. The second kappa shape index (κ2) is 6.04. The number of benzene rings is 1. The highest BCUT2D eigenvalue weighted by molar-refractivity contribution is 6.04. The molecule has 0 bridgehead atoms. The van der Waals surface area contributed by atoms with Gasteiger partial charge in [-0.25, -0.2) is 4.79 Å². The zero-order valence-corrected chi connectivity index (χ0v) is 13.4. The summed E-state index contributed by atoms with van der Waals surface area (Å²) in [4.78, 5) is 25.7. The fourth-order valence-corrected chi connectivity index (χ4v) is 3.28. The van der Waals surface area contributed by atoms with Crippen LogP contribution in [0.2, 0.25) is 0 Å². The maximum absolute atomic E-state index is 12.9. The number of para-hydroxylation sites is 1. The lowest BCUT2D eigenvalue weighted by atomic mass is 10.0. The van der Waals surface area contributed by atoms with Crippen molar-refractivity contribution in [3.63, 3.8) is 0 Å². The van der Waals surface area contributed by atoms with Crippen LogP contribution in [0.25, 0.3) is 10.9 Å². The Hall–Kier alpha value is -3.16. The van der Waals surface area contributed by atoms with E-state index in [9.17, 15) is 9.59 Å². The zero-order chi connectivity index (χ0) is 17.4. The van der Waals surface area contributed by atoms with Crippen molar-refractivity contribution in [1.82, 2.24) is 24.9 Å². The predicted molar refractivity (Wildman–Crippen MR) is 89.5 cm³/mol.